The van der Waals surface area contributed by atoms with Gasteiger partial charge in [0.2, 0.25) is 0 Å². The van der Waals surface area contributed by atoms with Crippen molar-refractivity contribution in [2.45, 2.75) is 13.5 Å². The fraction of sp³-hybridized carbons (Fsp3) is 0.188. The smallest absolute Gasteiger partial charge is 0.128 e. The molecule has 0 fully saturated rings. The van der Waals surface area contributed by atoms with E-state index >= 15 is 0 Å². The Morgan fingerprint density at radius 1 is 1.20 bits per heavy atom. The van der Waals surface area contributed by atoms with E-state index in [-0.39, 0.29) is 5.82 Å². The summed E-state index contributed by atoms with van der Waals surface area (Å²) in [5.41, 5.74) is 1.79. The van der Waals surface area contributed by atoms with Crippen molar-refractivity contribution < 1.29 is 9.13 Å². The highest BCUT2D eigenvalue weighted by Crippen LogP contribution is 2.17. The Labute approximate surface area is 117 Å². The van der Waals surface area contributed by atoms with Gasteiger partial charge >= 0.3 is 0 Å². The molecule has 2 aromatic carbocycles. The van der Waals surface area contributed by atoms with Crippen molar-refractivity contribution in [3.63, 3.8) is 0 Å². The zero-order valence-corrected chi connectivity index (χ0v) is 11.2. The fourth-order valence-corrected chi connectivity index (χ4v) is 1.81. The molecule has 0 amide bonds. The first-order chi connectivity index (χ1) is 9.72. The summed E-state index contributed by atoms with van der Waals surface area (Å²) in [6.45, 7) is 2.88. The van der Waals surface area contributed by atoms with Crippen molar-refractivity contribution >= 4 is 5.69 Å². The Balaban J connectivity index is 2.03. The van der Waals surface area contributed by atoms with Gasteiger partial charge in [-0.05, 0) is 49.4 Å². The minimum absolute atomic E-state index is 0.317. The van der Waals surface area contributed by atoms with Crippen LogP contribution in [0.5, 0.6) is 5.75 Å². The maximum Gasteiger partial charge on any atom is 0.128 e. The number of nitrogens with zero attached hydrogens (tertiary/aromatic N) is 1. The first-order valence-electron chi connectivity index (χ1n) is 6.38. The average molecular weight is 270 g/mol. The van der Waals surface area contributed by atoms with Crippen LogP contribution in [0.4, 0.5) is 10.1 Å². The van der Waals surface area contributed by atoms with Crippen LogP contribution in [0.2, 0.25) is 0 Å². The molecule has 0 radical (unpaired) electrons. The maximum atomic E-state index is 13.6. The number of benzene rings is 2. The second kappa shape index (κ2) is 6.58. The third kappa shape index (κ3) is 3.48. The lowest BCUT2D eigenvalue weighted by atomic mass is 10.1. The molecule has 20 heavy (non-hydrogen) atoms. The van der Waals surface area contributed by atoms with Gasteiger partial charge in [-0.1, -0.05) is 0 Å². The summed E-state index contributed by atoms with van der Waals surface area (Å²) in [7, 11) is 0. The van der Waals surface area contributed by atoms with Gasteiger partial charge in [-0.15, -0.1) is 0 Å². The molecule has 0 aliphatic heterocycles. The Bertz CT molecular complexity index is 617. The predicted molar refractivity (Wildman–Crippen MR) is 76.1 cm³/mol. The summed E-state index contributed by atoms with van der Waals surface area (Å²) >= 11 is 0. The van der Waals surface area contributed by atoms with Crippen molar-refractivity contribution in [3.05, 3.63) is 59.4 Å². The van der Waals surface area contributed by atoms with Crippen LogP contribution in [0, 0.1) is 17.1 Å². The van der Waals surface area contributed by atoms with Gasteiger partial charge in [0.1, 0.15) is 11.6 Å². The van der Waals surface area contributed by atoms with Gasteiger partial charge in [-0.25, -0.2) is 4.39 Å². The number of anilines is 1. The summed E-state index contributed by atoms with van der Waals surface area (Å²) in [6.07, 6.45) is 0. The number of hydrogen-bond donors (Lipinski definition) is 1. The van der Waals surface area contributed by atoms with Crippen molar-refractivity contribution in [3.8, 4) is 11.8 Å². The summed E-state index contributed by atoms with van der Waals surface area (Å²) in [5, 5.41) is 11.9. The van der Waals surface area contributed by atoms with Crippen LogP contribution >= 0.6 is 0 Å². The van der Waals surface area contributed by atoms with Gasteiger partial charge in [0.25, 0.3) is 0 Å². The molecule has 0 saturated carbocycles. The molecular formula is C16H15FN2O. The number of halogens is 1. The molecular weight excluding hydrogens is 255 g/mol. The molecule has 0 spiro atoms. The minimum Gasteiger partial charge on any atom is -0.494 e. The topological polar surface area (TPSA) is 45.0 Å². The van der Waals surface area contributed by atoms with Crippen LogP contribution in [0.3, 0.4) is 0 Å². The van der Waals surface area contributed by atoms with Gasteiger partial charge in [0.05, 0.1) is 18.2 Å². The molecule has 0 bridgehead atoms. The number of ether oxygens (including phenoxy) is 1. The Hall–Kier alpha value is -2.54. The predicted octanol–water partition coefficient (Wildman–Crippen LogP) is 3.71. The quantitative estimate of drug-likeness (QED) is 0.900. The first kappa shape index (κ1) is 13.9. The van der Waals surface area contributed by atoms with E-state index in [0.717, 1.165) is 11.4 Å². The highest BCUT2D eigenvalue weighted by Gasteiger charge is 2.03. The number of nitriles is 1. The van der Waals surface area contributed by atoms with E-state index in [1.807, 2.05) is 37.3 Å². The van der Waals surface area contributed by atoms with Gasteiger partial charge in [0, 0.05) is 17.8 Å². The largest absolute Gasteiger partial charge is 0.494 e. The highest BCUT2D eigenvalue weighted by molar-refractivity contribution is 5.47. The molecule has 102 valence electrons. The third-order valence-electron chi connectivity index (χ3n) is 2.82. The first-order valence-corrected chi connectivity index (χ1v) is 6.38. The average Bonchev–Trinajstić information content (AvgIpc) is 2.48. The van der Waals surface area contributed by atoms with Gasteiger partial charge in [-0.2, -0.15) is 5.26 Å². The van der Waals surface area contributed by atoms with Crippen LogP contribution in [-0.4, -0.2) is 6.61 Å². The lowest BCUT2D eigenvalue weighted by molar-refractivity contribution is 0.340. The molecule has 0 heterocycles. The Morgan fingerprint density at radius 3 is 2.60 bits per heavy atom. The van der Waals surface area contributed by atoms with Crippen LogP contribution < -0.4 is 10.1 Å². The lowest BCUT2D eigenvalue weighted by Gasteiger charge is -2.09. The van der Waals surface area contributed by atoms with E-state index in [4.69, 9.17) is 10.00 Å². The number of hydrogen-bond acceptors (Lipinski definition) is 3. The normalized spacial score (nSPS) is 9.85. The van der Waals surface area contributed by atoms with Gasteiger partial charge in [0.15, 0.2) is 0 Å². The molecule has 0 aromatic heterocycles. The van der Waals surface area contributed by atoms with E-state index in [9.17, 15) is 4.39 Å². The molecule has 2 rings (SSSR count). The Kier molecular flexibility index (Phi) is 4.56. The SMILES string of the molecule is CCOc1ccc(NCc2cc(C#N)ccc2F)cc1. The van der Waals surface area contributed by atoms with Gasteiger partial charge in [-0.3, -0.25) is 0 Å². The van der Waals surface area contributed by atoms with Crippen molar-refractivity contribution in [2.24, 2.45) is 0 Å². The molecule has 0 atom stereocenters. The van der Waals surface area contributed by atoms with E-state index in [2.05, 4.69) is 5.32 Å². The number of nitrogens with one attached hydrogen (secondary N) is 1. The van der Waals surface area contributed by atoms with E-state index in [1.54, 1.807) is 6.07 Å². The van der Waals surface area contributed by atoms with Crippen molar-refractivity contribution in [1.82, 2.24) is 0 Å². The lowest BCUT2D eigenvalue weighted by Crippen LogP contribution is -2.02. The summed E-state index contributed by atoms with van der Waals surface area (Å²) < 4.78 is 19.0. The maximum absolute atomic E-state index is 13.6. The van der Waals surface area contributed by atoms with Crippen LogP contribution in [0.15, 0.2) is 42.5 Å². The fourth-order valence-electron chi connectivity index (χ4n) is 1.81. The molecule has 2 aromatic rings. The van der Waals surface area contributed by atoms with Crippen LogP contribution in [0.25, 0.3) is 0 Å². The molecule has 1 N–H and O–H groups in total. The zero-order valence-electron chi connectivity index (χ0n) is 11.2. The molecule has 0 aliphatic carbocycles. The monoisotopic (exact) mass is 270 g/mol. The summed E-state index contributed by atoms with van der Waals surface area (Å²) in [5.74, 6) is 0.484. The summed E-state index contributed by atoms with van der Waals surface area (Å²) in [4.78, 5) is 0. The summed E-state index contributed by atoms with van der Waals surface area (Å²) in [6, 6.07) is 13.8. The second-order valence-corrected chi connectivity index (χ2v) is 4.23. The van der Waals surface area contributed by atoms with E-state index in [1.165, 1.54) is 12.1 Å². The van der Waals surface area contributed by atoms with Gasteiger partial charge < -0.3 is 10.1 Å². The van der Waals surface area contributed by atoms with E-state index in [0.29, 0.717) is 24.3 Å². The highest BCUT2D eigenvalue weighted by atomic mass is 19.1. The molecule has 3 nitrogen and oxygen atoms in total. The molecule has 0 unspecified atom stereocenters. The Morgan fingerprint density at radius 2 is 1.95 bits per heavy atom. The molecule has 0 saturated heterocycles. The van der Waals surface area contributed by atoms with Crippen LogP contribution in [-0.2, 0) is 6.54 Å². The second-order valence-electron chi connectivity index (χ2n) is 4.23. The standard InChI is InChI=1S/C16H15FN2O/c1-2-20-15-6-4-14(5-7-15)19-11-13-9-12(10-18)3-8-16(13)17/h3-9,19H,2,11H2,1H3. The number of rotatable bonds is 5. The minimum atomic E-state index is -0.317. The van der Waals surface area contributed by atoms with Crippen molar-refractivity contribution in [1.29, 1.82) is 5.26 Å². The molecule has 0 aliphatic rings. The van der Waals surface area contributed by atoms with E-state index < -0.39 is 0 Å². The van der Waals surface area contributed by atoms with Crippen LogP contribution in [0.1, 0.15) is 18.1 Å². The third-order valence-corrected chi connectivity index (χ3v) is 2.82. The molecule has 4 heteroatoms. The zero-order chi connectivity index (χ0) is 14.4. The van der Waals surface area contributed by atoms with Crippen molar-refractivity contribution in [2.75, 3.05) is 11.9 Å².